The first kappa shape index (κ1) is 15.0. The average Bonchev–Trinajstić information content (AvgIpc) is 2.15. The van der Waals surface area contributed by atoms with Crippen LogP contribution >= 0.6 is 15.9 Å². The van der Waals surface area contributed by atoms with Gasteiger partial charge in [0.15, 0.2) is 0 Å². The number of nitriles is 1. The van der Waals surface area contributed by atoms with E-state index in [9.17, 15) is 9.90 Å². The Labute approximate surface area is 138 Å². The van der Waals surface area contributed by atoms with Crippen LogP contribution in [0.1, 0.15) is 5.56 Å². The molecule has 1 rings (SSSR count). The summed E-state index contributed by atoms with van der Waals surface area (Å²) < 4.78 is 0.868. The van der Waals surface area contributed by atoms with Gasteiger partial charge in [-0.1, -0.05) is 28.1 Å². The van der Waals surface area contributed by atoms with E-state index in [2.05, 4.69) is 15.9 Å². The average molecular weight is 290 g/mol. The van der Waals surface area contributed by atoms with Gasteiger partial charge in [0.1, 0.15) is 0 Å². The number of benzene rings is 1. The second-order valence-corrected chi connectivity index (χ2v) is 3.41. The Morgan fingerprint density at radius 1 is 1.40 bits per heavy atom. The predicted octanol–water partition coefficient (Wildman–Crippen LogP) is -1.89. The third-order valence-corrected chi connectivity index (χ3v) is 2.07. The summed E-state index contributed by atoms with van der Waals surface area (Å²) in [6.07, 6.45) is 0.781. The zero-order valence-corrected chi connectivity index (χ0v) is 12.7. The predicted molar refractivity (Wildman–Crippen MR) is 52.7 cm³/mol. The second-order valence-electron chi connectivity index (χ2n) is 2.50. The van der Waals surface area contributed by atoms with Gasteiger partial charge in [0.05, 0.1) is 17.6 Å². The molecule has 0 saturated heterocycles. The number of hydrogen-bond donors (Lipinski definition) is 0. The Kier molecular flexibility index (Phi) is 7.35. The number of carboxylic acid groups (broad SMARTS) is 1. The minimum atomic E-state index is -1.37. The molecule has 0 amide bonds. The number of hydrogen-bond acceptors (Lipinski definition) is 3. The molecule has 0 fully saturated rings. The molecule has 0 aliphatic heterocycles. The van der Waals surface area contributed by atoms with E-state index in [1.165, 1.54) is 0 Å². The molecule has 15 heavy (non-hydrogen) atoms. The second kappa shape index (κ2) is 7.33. The molecule has 1 aromatic rings. The van der Waals surface area contributed by atoms with Crippen LogP contribution in [0.15, 0.2) is 34.8 Å². The maximum Gasteiger partial charge on any atom is 1.00 e. The van der Waals surface area contributed by atoms with Crippen molar-refractivity contribution in [2.75, 3.05) is 0 Å². The van der Waals surface area contributed by atoms with E-state index in [-0.39, 0.29) is 57.0 Å². The van der Waals surface area contributed by atoms with Crippen LogP contribution < -0.4 is 56.5 Å². The van der Waals surface area contributed by atoms with Crippen LogP contribution in [-0.4, -0.2) is 5.97 Å². The molecule has 0 aliphatic carbocycles. The van der Waals surface area contributed by atoms with Crippen molar-refractivity contribution in [3.63, 3.8) is 0 Å². The van der Waals surface area contributed by atoms with Crippen LogP contribution in [0.4, 0.5) is 0 Å². The number of halogens is 1. The van der Waals surface area contributed by atoms with E-state index >= 15 is 0 Å². The summed E-state index contributed by atoms with van der Waals surface area (Å²) in [5, 5.41) is 18.9. The number of aliphatic carboxylic acids is 1. The van der Waals surface area contributed by atoms with Gasteiger partial charge in [-0.25, -0.2) is 0 Å². The van der Waals surface area contributed by atoms with Gasteiger partial charge in [0.2, 0.25) is 0 Å². The summed E-state index contributed by atoms with van der Waals surface area (Å²) in [5.41, 5.74) is 0.636. The first-order valence-electron chi connectivity index (χ1n) is 3.72. The summed E-state index contributed by atoms with van der Waals surface area (Å²) in [7, 11) is 0. The van der Waals surface area contributed by atoms with Gasteiger partial charge in [-0.15, -0.1) is 0 Å². The van der Waals surface area contributed by atoms with Gasteiger partial charge in [-0.3, -0.25) is 0 Å². The molecular formula is C10H5BrKNO2. The van der Waals surface area contributed by atoms with Crippen molar-refractivity contribution in [2.45, 2.75) is 0 Å². The fourth-order valence-corrected chi connectivity index (χ4v) is 1.19. The number of allylic oxidation sites excluding steroid dienone is 1. The zero-order valence-electron chi connectivity index (χ0n) is 8.03. The van der Waals surface area contributed by atoms with Crippen molar-refractivity contribution in [3.8, 4) is 6.07 Å². The maximum atomic E-state index is 10.3. The largest absolute Gasteiger partial charge is 1.00 e. The number of nitrogens with zero attached hydrogens (tertiary/aromatic N) is 1. The molecule has 0 N–H and O–H groups in total. The summed E-state index contributed by atoms with van der Waals surface area (Å²) in [6.45, 7) is 0. The van der Waals surface area contributed by atoms with Crippen molar-refractivity contribution in [1.82, 2.24) is 0 Å². The Balaban J connectivity index is 0.00000196. The third-order valence-electron chi connectivity index (χ3n) is 1.54. The maximum absolute atomic E-state index is 10.3. The summed E-state index contributed by atoms with van der Waals surface area (Å²) >= 11 is 3.24. The van der Waals surface area contributed by atoms with Gasteiger partial charge >= 0.3 is 51.4 Å². The molecule has 0 atom stereocenters. The molecule has 0 spiro atoms. The fraction of sp³-hybridized carbons (Fsp3) is 0. The molecule has 0 aromatic heterocycles. The zero-order chi connectivity index (χ0) is 10.6. The van der Waals surface area contributed by atoms with Crippen LogP contribution in [0.5, 0.6) is 0 Å². The smallest absolute Gasteiger partial charge is 0.545 e. The van der Waals surface area contributed by atoms with Crippen molar-refractivity contribution in [1.29, 1.82) is 5.26 Å². The molecule has 0 bridgehead atoms. The Morgan fingerprint density at radius 2 is 1.93 bits per heavy atom. The van der Waals surface area contributed by atoms with Gasteiger partial charge in [-0.2, -0.15) is 5.26 Å². The van der Waals surface area contributed by atoms with Crippen molar-refractivity contribution in [3.05, 3.63) is 40.4 Å². The van der Waals surface area contributed by atoms with Crippen molar-refractivity contribution >= 4 is 27.5 Å². The number of rotatable bonds is 2. The monoisotopic (exact) mass is 289 g/mol. The molecule has 5 heteroatoms. The van der Waals surface area contributed by atoms with Crippen LogP contribution in [-0.2, 0) is 4.79 Å². The van der Waals surface area contributed by atoms with Crippen molar-refractivity contribution < 1.29 is 61.3 Å². The number of carbonyl (C=O) groups is 1. The topological polar surface area (TPSA) is 63.9 Å². The first-order chi connectivity index (χ1) is 6.63. The SMILES string of the molecule is N#CC(=CC(=O)[O-])c1ccc(Br)cc1.[K+]. The first-order valence-corrected chi connectivity index (χ1v) is 4.51. The Hall–Kier alpha value is 0.0364. The van der Waals surface area contributed by atoms with E-state index in [1.807, 2.05) is 0 Å². The van der Waals surface area contributed by atoms with Crippen molar-refractivity contribution in [2.24, 2.45) is 0 Å². The third kappa shape index (κ3) is 5.07. The summed E-state index contributed by atoms with van der Waals surface area (Å²) in [4.78, 5) is 10.3. The Bertz CT molecular complexity index is 420. The number of carboxylic acids is 1. The van der Waals surface area contributed by atoms with E-state index in [0.29, 0.717) is 5.56 Å². The molecule has 0 aliphatic rings. The number of carbonyl (C=O) groups excluding carboxylic acids is 1. The van der Waals surface area contributed by atoms with E-state index in [0.717, 1.165) is 10.5 Å². The fourth-order valence-electron chi connectivity index (χ4n) is 0.927. The summed E-state index contributed by atoms with van der Waals surface area (Å²) in [5.74, 6) is -1.37. The standard InChI is InChI=1S/C10H6BrNO2.K/c11-9-3-1-7(2-4-9)8(6-12)5-10(13)14;/h1-5H,(H,13,14);/q;+1/p-1. The molecule has 3 nitrogen and oxygen atoms in total. The minimum Gasteiger partial charge on any atom is -0.545 e. The van der Waals surface area contributed by atoms with Gasteiger partial charge in [0, 0.05) is 4.47 Å². The normalized spacial score (nSPS) is 10.0. The van der Waals surface area contributed by atoms with Gasteiger partial charge < -0.3 is 9.90 Å². The minimum absolute atomic E-state index is 0. The molecule has 0 heterocycles. The molecule has 0 radical (unpaired) electrons. The van der Waals surface area contributed by atoms with E-state index in [1.54, 1.807) is 30.3 Å². The van der Waals surface area contributed by atoms with Crippen LogP contribution in [0.3, 0.4) is 0 Å². The molecular weight excluding hydrogens is 285 g/mol. The molecule has 70 valence electrons. The van der Waals surface area contributed by atoms with Crippen LogP contribution in [0.2, 0.25) is 0 Å². The quantitative estimate of drug-likeness (QED) is 0.363. The van der Waals surface area contributed by atoms with Crippen LogP contribution in [0, 0.1) is 11.3 Å². The summed E-state index contributed by atoms with van der Waals surface area (Å²) in [6, 6.07) is 8.57. The van der Waals surface area contributed by atoms with E-state index in [4.69, 9.17) is 5.26 Å². The Morgan fingerprint density at radius 3 is 2.33 bits per heavy atom. The van der Waals surface area contributed by atoms with E-state index < -0.39 is 5.97 Å². The van der Waals surface area contributed by atoms with Gasteiger partial charge in [0.25, 0.3) is 0 Å². The molecule has 0 unspecified atom stereocenters. The molecule has 1 aromatic carbocycles. The van der Waals surface area contributed by atoms with Gasteiger partial charge in [-0.05, 0) is 23.8 Å². The molecule has 0 saturated carbocycles. The van der Waals surface area contributed by atoms with Crippen LogP contribution in [0.25, 0.3) is 5.57 Å².